The number of nitrogens with zero attached hydrogens (tertiary/aromatic N) is 1. The van der Waals surface area contributed by atoms with Crippen molar-refractivity contribution in [3.05, 3.63) is 29.8 Å². The zero-order valence-electron chi connectivity index (χ0n) is 7.51. The van der Waals surface area contributed by atoms with Crippen LogP contribution in [0.3, 0.4) is 0 Å². The van der Waals surface area contributed by atoms with Crippen LogP contribution in [0.25, 0.3) is 0 Å². The Hall–Kier alpha value is -2.04. The molecule has 4 N–H and O–H groups in total. The fraction of sp³-hybridized carbons (Fsp3) is 0.111. The Morgan fingerprint density at radius 1 is 1.43 bits per heavy atom. The van der Waals surface area contributed by atoms with E-state index in [0.717, 1.165) is 5.56 Å². The number of nitrogens with two attached hydrogens (primary N) is 2. The van der Waals surface area contributed by atoms with Crippen molar-refractivity contribution in [3.8, 4) is 5.75 Å². The van der Waals surface area contributed by atoms with Gasteiger partial charge in [0.15, 0.2) is 6.61 Å². The van der Waals surface area contributed by atoms with Crippen LogP contribution in [0, 0.1) is 0 Å². The highest BCUT2D eigenvalue weighted by Gasteiger charge is 1.96. The predicted octanol–water partition coefficient (Wildman–Crippen LogP) is -0.157. The molecule has 0 aromatic heterocycles. The van der Waals surface area contributed by atoms with E-state index in [4.69, 9.17) is 16.3 Å². The second-order valence-corrected chi connectivity index (χ2v) is 2.60. The number of hydrogen-bond acceptors (Lipinski definition) is 4. The van der Waals surface area contributed by atoms with Gasteiger partial charge in [-0.05, 0) is 29.8 Å². The molecule has 74 valence electrons. The number of carbonyl (C=O) groups is 1. The largest absolute Gasteiger partial charge is 0.484 e. The van der Waals surface area contributed by atoms with Crippen LogP contribution in [0.2, 0.25) is 0 Å². The molecule has 0 unspecified atom stereocenters. The van der Waals surface area contributed by atoms with Crippen LogP contribution in [-0.4, -0.2) is 18.7 Å². The monoisotopic (exact) mass is 193 g/mol. The molecule has 0 aliphatic carbocycles. The molecule has 0 aliphatic heterocycles. The third kappa shape index (κ3) is 3.14. The number of hydrogen-bond donors (Lipinski definition) is 2. The molecule has 0 radical (unpaired) electrons. The van der Waals surface area contributed by atoms with Gasteiger partial charge in [-0.1, -0.05) is 0 Å². The third-order valence-electron chi connectivity index (χ3n) is 1.48. The van der Waals surface area contributed by atoms with Gasteiger partial charge < -0.3 is 16.3 Å². The standard InChI is InChI=1S/C9H11N3O2/c10-9(13)6-14-8-3-1-7(2-4-8)5-12-11/h1-5H,6,11H2,(H2,10,13). The summed E-state index contributed by atoms with van der Waals surface area (Å²) in [5, 5.41) is 3.37. The summed E-state index contributed by atoms with van der Waals surface area (Å²) in [6.45, 7) is -0.121. The fourth-order valence-corrected chi connectivity index (χ4v) is 0.891. The first kappa shape index (κ1) is 10.0. The molecule has 1 rings (SSSR count). The summed E-state index contributed by atoms with van der Waals surface area (Å²) in [5.74, 6) is 5.05. The highest BCUT2D eigenvalue weighted by molar-refractivity contribution is 5.79. The molecule has 0 spiro atoms. The van der Waals surface area contributed by atoms with Gasteiger partial charge in [0.05, 0.1) is 6.21 Å². The lowest BCUT2D eigenvalue weighted by Gasteiger charge is -2.02. The number of benzene rings is 1. The lowest BCUT2D eigenvalue weighted by Crippen LogP contribution is -2.19. The summed E-state index contributed by atoms with van der Waals surface area (Å²) in [5.41, 5.74) is 5.78. The van der Waals surface area contributed by atoms with Crippen LogP contribution >= 0.6 is 0 Å². The highest BCUT2D eigenvalue weighted by atomic mass is 16.5. The molecule has 1 aromatic rings. The average molecular weight is 193 g/mol. The fourth-order valence-electron chi connectivity index (χ4n) is 0.891. The Bertz CT molecular complexity index is 332. The van der Waals surface area contributed by atoms with Crippen molar-refractivity contribution in [1.82, 2.24) is 0 Å². The van der Waals surface area contributed by atoms with Crippen molar-refractivity contribution in [3.63, 3.8) is 0 Å². The molecule has 0 saturated carbocycles. The Kier molecular flexibility index (Phi) is 3.49. The maximum atomic E-state index is 10.4. The molecular weight excluding hydrogens is 182 g/mol. The van der Waals surface area contributed by atoms with Crippen LogP contribution in [-0.2, 0) is 4.79 Å². The Balaban J connectivity index is 2.59. The second kappa shape index (κ2) is 4.86. The number of hydrazone groups is 1. The van der Waals surface area contributed by atoms with Gasteiger partial charge in [0, 0.05) is 0 Å². The van der Waals surface area contributed by atoms with Gasteiger partial charge in [-0.2, -0.15) is 5.10 Å². The van der Waals surface area contributed by atoms with E-state index in [-0.39, 0.29) is 6.61 Å². The predicted molar refractivity (Wildman–Crippen MR) is 52.9 cm³/mol. The molecule has 1 amide bonds. The van der Waals surface area contributed by atoms with Crippen LogP contribution < -0.4 is 16.3 Å². The maximum Gasteiger partial charge on any atom is 0.255 e. The summed E-state index contributed by atoms with van der Waals surface area (Å²) in [6.07, 6.45) is 1.51. The average Bonchev–Trinajstić information content (AvgIpc) is 2.17. The van der Waals surface area contributed by atoms with Crippen molar-refractivity contribution in [2.45, 2.75) is 0 Å². The second-order valence-electron chi connectivity index (χ2n) is 2.60. The number of primary amides is 1. The van der Waals surface area contributed by atoms with E-state index in [0.29, 0.717) is 5.75 Å². The van der Waals surface area contributed by atoms with Gasteiger partial charge in [-0.3, -0.25) is 4.79 Å². The summed E-state index contributed by atoms with van der Waals surface area (Å²) in [7, 11) is 0. The van der Waals surface area contributed by atoms with Gasteiger partial charge in [0.1, 0.15) is 5.75 Å². The number of rotatable bonds is 4. The van der Waals surface area contributed by atoms with Gasteiger partial charge in [-0.15, -0.1) is 0 Å². The van der Waals surface area contributed by atoms with Crippen molar-refractivity contribution in [2.24, 2.45) is 16.7 Å². The number of ether oxygens (including phenoxy) is 1. The van der Waals surface area contributed by atoms with Crippen molar-refractivity contribution < 1.29 is 9.53 Å². The molecule has 14 heavy (non-hydrogen) atoms. The van der Waals surface area contributed by atoms with Crippen LogP contribution in [0.4, 0.5) is 0 Å². The van der Waals surface area contributed by atoms with Crippen molar-refractivity contribution >= 4 is 12.1 Å². The topological polar surface area (TPSA) is 90.7 Å². The number of carbonyl (C=O) groups excluding carboxylic acids is 1. The molecule has 0 atom stereocenters. The highest BCUT2D eigenvalue weighted by Crippen LogP contribution is 2.10. The van der Waals surface area contributed by atoms with E-state index in [9.17, 15) is 4.79 Å². The van der Waals surface area contributed by atoms with E-state index in [1.54, 1.807) is 24.3 Å². The SMILES string of the molecule is NN=Cc1ccc(OCC(N)=O)cc1. The maximum absolute atomic E-state index is 10.4. The van der Waals surface area contributed by atoms with Crippen molar-refractivity contribution in [2.75, 3.05) is 6.61 Å². The van der Waals surface area contributed by atoms with Crippen LogP contribution in [0.1, 0.15) is 5.56 Å². The Morgan fingerprint density at radius 2 is 2.07 bits per heavy atom. The molecular formula is C9H11N3O2. The minimum Gasteiger partial charge on any atom is -0.484 e. The van der Waals surface area contributed by atoms with Gasteiger partial charge >= 0.3 is 0 Å². The van der Waals surface area contributed by atoms with Gasteiger partial charge in [0.25, 0.3) is 5.91 Å². The zero-order valence-corrected chi connectivity index (χ0v) is 7.51. The zero-order chi connectivity index (χ0) is 10.4. The molecule has 0 heterocycles. The smallest absolute Gasteiger partial charge is 0.255 e. The summed E-state index contributed by atoms with van der Waals surface area (Å²) in [6, 6.07) is 6.96. The third-order valence-corrected chi connectivity index (χ3v) is 1.48. The Labute approximate surface area is 81.3 Å². The van der Waals surface area contributed by atoms with E-state index in [2.05, 4.69) is 5.10 Å². The molecule has 0 aliphatic rings. The minimum atomic E-state index is -0.502. The molecule has 5 nitrogen and oxygen atoms in total. The molecule has 5 heteroatoms. The Morgan fingerprint density at radius 3 is 2.57 bits per heavy atom. The number of amides is 1. The normalized spacial score (nSPS) is 10.3. The molecule has 0 bridgehead atoms. The van der Waals surface area contributed by atoms with Crippen LogP contribution in [0.5, 0.6) is 5.75 Å². The van der Waals surface area contributed by atoms with Crippen LogP contribution in [0.15, 0.2) is 29.4 Å². The van der Waals surface area contributed by atoms with Gasteiger partial charge in [0.2, 0.25) is 0 Å². The molecule has 1 aromatic carbocycles. The lowest BCUT2D eigenvalue weighted by atomic mass is 10.2. The first-order chi connectivity index (χ1) is 6.72. The van der Waals surface area contributed by atoms with E-state index >= 15 is 0 Å². The van der Waals surface area contributed by atoms with Crippen molar-refractivity contribution in [1.29, 1.82) is 0 Å². The minimum absolute atomic E-state index is 0.121. The quantitative estimate of drug-likeness (QED) is 0.395. The van der Waals surface area contributed by atoms with E-state index < -0.39 is 5.91 Å². The summed E-state index contributed by atoms with van der Waals surface area (Å²) in [4.78, 5) is 10.4. The lowest BCUT2D eigenvalue weighted by molar-refractivity contribution is -0.119. The summed E-state index contributed by atoms with van der Waals surface area (Å²) >= 11 is 0. The molecule has 0 saturated heterocycles. The van der Waals surface area contributed by atoms with E-state index in [1.165, 1.54) is 6.21 Å². The molecule has 0 fully saturated rings. The van der Waals surface area contributed by atoms with E-state index in [1.807, 2.05) is 0 Å². The first-order valence-corrected chi connectivity index (χ1v) is 3.97. The van der Waals surface area contributed by atoms with Gasteiger partial charge in [-0.25, -0.2) is 0 Å². The summed E-state index contributed by atoms with van der Waals surface area (Å²) < 4.78 is 5.05. The first-order valence-electron chi connectivity index (χ1n) is 3.97.